The predicted molar refractivity (Wildman–Crippen MR) is 78.3 cm³/mol. The van der Waals surface area contributed by atoms with Crippen LogP contribution < -0.4 is 5.73 Å². The molecule has 0 spiro atoms. The van der Waals surface area contributed by atoms with E-state index in [1.54, 1.807) is 0 Å². The van der Waals surface area contributed by atoms with Crippen molar-refractivity contribution < 1.29 is 4.79 Å². The van der Waals surface area contributed by atoms with E-state index in [-0.39, 0.29) is 5.91 Å². The van der Waals surface area contributed by atoms with Crippen molar-refractivity contribution in [3.63, 3.8) is 0 Å². The van der Waals surface area contributed by atoms with Gasteiger partial charge in [-0.05, 0) is 31.5 Å². The lowest BCUT2D eigenvalue weighted by molar-refractivity contribution is -0.130. The first-order chi connectivity index (χ1) is 9.79. The van der Waals surface area contributed by atoms with E-state index in [4.69, 9.17) is 5.73 Å². The van der Waals surface area contributed by atoms with Gasteiger partial charge in [-0.15, -0.1) is 0 Å². The van der Waals surface area contributed by atoms with Crippen LogP contribution in [0.1, 0.15) is 18.7 Å². The van der Waals surface area contributed by atoms with Gasteiger partial charge in [0.15, 0.2) is 0 Å². The fraction of sp³-hybridized carbons (Fsp3) is 0.467. The summed E-state index contributed by atoms with van der Waals surface area (Å²) in [6.07, 6.45) is 2.93. The molecule has 1 saturated heterocycles. The molecule has 106 valence electrons. The molecule has 1 amide bonds. The maximum atomic E-state index is 12.4. The van der Waals surface area contributed by atoms with E-state index in [0.29, 0.717) is 19.5 Å². The Labute approximate surface area is 118 Å². The Hall–Kier alpha value is -1.88. The second-order valence-electron chi connectivity index (χ2n) is 5.23. The lowest BCUT2D eigenvalue weighted by Gasteiger charge is -2.17. The summed E-state index contributed by atoms with van der Waals surface area (Å²) in [5.41, 5.74) is 7.61. The molecule has 1 aliphatic rings. The number of benzene rings is 1. The van der Waals surface area contributed by atoms with Crippen molar-refractivity contribution in [2.24, 2.45) is 5.73 Å². The number of carbonyl (C=O) groups is 1. The molecular weight excluding hydrogens is 252 g/mol. The van der Waals surface area contributed by atoms with E-state index in [0.717, 1.165) is 42.8 Å². The molecule has 0 bridgehead atoms. The van der Waals surface area contributed by atoms with Gasteiger partial charge in [0.05, 0.1) is 11.0 Å². The van der Waals surface area contributed by atoms with Crippen molar-refractivity contribution in [1.82, 2.24) is 14.5 Å². The normalized spacial score (nSPS) is 15.2. The Kier molecular flexibility index (Phi) is 3.69. The average Bonchev–Trinajstić information content (AvgIpc) is 3.08. The Morgan fingerprint density at radius 1 is 1.25 bits per heavy atom. The SMILES string of the molecule is NCCc1nc2ccccc2n1CC(=O)N1CCCC1. The van der Waals surface area contributed by atoms with Crippen molar-refractivity contribution in [2.45, 2.75) is 25.8 Å². The van der Waals surface area contributed by atoms with Crippen LogP contribution in [0.15, 0.2) is 24.3 Å². The largest absolute Gasteiger partial charge is 0.341 e. The molecule has 1 aromatic carbocycles. The summed E-state index contributed by atoms with van der Waals surface area (Å²) in [6.45, 7) is 2.69. The first kappa shape index (κ1) is 13.1. The van der Waals surface area contributed by atoms with Gasteiger partial charge in [0.1, 0.15) is 12.4 Å². The Bertz CT molecular complexity index is 613. The number of carbonyl (C=O) groups excluding carboxylic acids is 1. The highest BCUT2D eigenvalue weighted by atomic mass is 16.2. The summed E-state index contributed by atoms with van der Waals surface area (Å²) >= 11 is 0. The van der Waals surface area contributed by atoms with E-state index >= 15 is 0 Å². The lowest BCUT2D eigenvalue weighted by atomic mass is 10.3. The van der Waals surface area contributed by atoms with Gasteiger partial charge in [0.2, 0.25) is 5.91 Å². The van der Waals surface area contributed by atoms with Gasteiger partial charge in [0, 0.05) is 19.5 Å². The Morgan fingerprint density at radius 3 is 2.75 bits per heavy atom. The fourth-order valence-corrected chi connectivity index (χ4v) is 2.82. The van der Waals surface area contributed by atoms with Crippen molar-refractivity contribution >= 4 is 16.9 Å². The Balaban J connectivity index is 1.91. The van der Waals surface area contributed by atoms with Crippen LogP contribution in [-0.2, 0) is 17.8 Å². The summed E-state index contributed by atoms with van der Waals surface area (Å²) in [6, 6.07) is 7.94. The van der Waals surface area contributed by atoms with Gasteiger partial charge in [0.25, 0.3) is 0 Å². The molecule has 0 atom stereocenters. The zero-order valence-corrected chi connectivity index (χ0v) is 11.6. The van der Waals surface area contributed by atoms with Gasteiger partial charge in [-0.1, -0.05) is 12.1 Å². The van der Waals surface area contributed by atoms with E-state index in [1.165, 1.54) is 0 Å². The molecule has 1 fully saturated rings. The van der Waals surface area contributed by atoms with E-state index in [1.807, 2.05) is 33.7 Å². The molecule has 0 saturated carbocycles. The summed E-state index contributed by atoms with van der Waals surface area (Å²) in [5, 5.41) is 0. The number of likely N-dealkylation sites (tertiary alicyclic amines) is 1. The minimum absolute atomic E-state index is 0.184. The van der Waals surface area contributed by atoms with Gasteiger partial charge >= 0.3 is 0 Å². The van der Waals surface area contributed by atoms with Gasteiger partial charge in [-0.2, -0.15) is 0 Å². The van der Waals surface area contributed by atoms with E-state index < -0.39 is 0 Å². The van der Waals surface area contributed by atoms with E-state index in [9.17, 15) is 4.79 Å². The van der Waals surface area contributed by atoms with Gasteiger partial charge in [-0.25, -0.2) is 4.98 Å². The molecule has 1 aliphatic heterocycles. The van der Waals surface area contributed by atoms with E-state index in [2.05, 4.69) is 4.98 Å². The first-order valence-electron chi connectivity index (χ1n) is 7.21. The highest BCUT2D eigenvalue weighted by Gasteiger charge is 2.20. The molecule has 0 radical (unpaired) electrons. The standard InChI is InChI=1S/C15H20N4O/c16-8-7-14-17-12-5-1-2-6-13(12)19(14)11-15(20)18-9-3-4-10-18/h1-2,5-6H,3-4,7-11,16H2. The minimum atomic E-state index is 0.184. The maximum absolute atomic E-state index is 12.4. The topological polar surface area (TPSA) is 64.1 Å². The number of imidazole rings is 1. The number of hydrogen-bond donors (Lipinski definition) is 1. The molecule has 2 N–H and O–H groups in total. The van der Waals surface area contributed by atoms with Crippen molar-refractivity contribution in [3.05, 3.63) is 30.1 Å². The van der Waals surface area contributed by atoms with Crippen LogP contribution in [0.25, 0.3) is 11.0 Å². The predicted octanol–water partition coefficient (Wildman–Crippen LogP) is 1.16. The van der Waals surface area contributed by atoms with Crippen LogP contribution in [0.2, 0.25) is 0 Å². The lowest BCUT2D eigenvalue weighted by Crippen LogP contribution is -2.31. The molecule has 5 heteroatoms. The summed E-state index contributed by atoms with van der Waals surface area (Å²) in [5.74, 6) is 1.09. The molecule has 0 aliphatic carbocycles. The third-order valence-electron chi connectivity index (χ3n) is 3.85. The van der Waals surface area contributed by atoms with Crippen molar-refractivity contribution in [3.8, 4) is 0 Å². The number of nitrogens with two attached hydrogens (primary N) is 1. The van der Waals surface area contributed by atoms with Crippen LogP contribution in [-0.4, -0.2) is 40.0 Å². The monoisotopic (exact) mass is 272 g/mol. The molecule has 5 nitrogen and oxygen atoms in total. The average molecular weight is 272 g/mol. The second kappa shape index (κ2) is 5.63. The number of nitrogens with zero attached hydrogens (tertiary/aromatic N) is 3. The maximum Gasteiger partial charge on any atom is 0.242 e. The highest BCUT2D eigenvalue weighted by molar-refractivity contribution is 5.81. The molecule has 3 rings (SSSR count). The van der Waals surface area contributed by atoms with Crippen molar-refractivity contribution in [1.29, 1.82) is 0 Å². The molecular formula is C15H20N4O. The summed E-state index contributed by atoms with van der Waals surface area (Å²) in [4.78, 5) is 18.9. The third kappa shape index (κ3) is 2.41. The van der Waals surface area contributed by atoms with Crippen LogP contribution >= 0.6 is 0 Å². The van der Waals surface area contributed by atoms with Crippen LogP contribution in [0.5, 0.6) is 0 Å². The number of amides is 1. The second-order valence-corrected chi connectivity index (χ2v) is 5.23. The molecule has 2 aromatic rings. The van der Waals surface area contributed by atoms with Crippen LogP contribution in [0.3, 0.4) is 0 Å². The summed E-state index contributed by atoms with van der Waals surface area (Å²) in [7, 11) is 0. The number of fused-ring (bicyclic) bond motifs is 1. The summed E-state index contributed by atoms with van der Waals surface area (Å²) < 4.78 is 2.02. The number of hydrogen-bond acceptors (Lipinski definition) is 3. The molecule has 0 unspecified atom stereocenters. The van der Waals surface area contributed by atoms with Crippen molar-refractivity contribution in [2.75, 3.05) is 19.6 Å². The quantitative estimate of drug-likeness (QED) is 0.908. The molecule has 20 heavy (non-hydrogen) atoms. The van der Waals surface area contributed by atoms with Gasteiger partial charge in [-0.3, -0.25) is 4.79 Å². The highest BCUT2D eigenvalue weighted by Crippen LogP contribution is 2.17. The first-order valence-corrected chi connectivity index (χ1v) is 7.21. The number of rotatable bonds is 4. The molecule has 2 heterocycles. The smallest absolute Gasteiger partial charge is 0.242 e. The minimum Gasteiger partial charge on any atom is -0.341 e. The third-order valence-corrected chi connectivity index (χ3v) is 3.85. The zero-order valence-electron chi connectivity index (χ0n) is 11.6. The number of para-hydroxylation sites is 2. The Morgan fingerprint density at radius 2 is 2.00 bits per heavy atom. The van der Waals surface area contributed by atoms with Crippen LogP contribution in [0.4, 0.5) is 0 Å². The molecule has 1 aromatic heterocycles. The van der Waals surface area contributed by atoms with Crippen LogP contribution in [0, 0.1) is 0 Å². The number of aromatic nitrogens is 2. The fourth-order valence-electron chi connectivity index (χ4n) is 2.82. The van der Waals surface area contributed by atoms with Gasteiger partial charge < -0.3 is 15.2 Å². The zero-order chi connectivity index (χ0) is 13.9.